The van der Waals surface area contributed by atoms with Gasteiger partial charge in [-0.05, 0) is 29.8 Å². The molecule has 1 aliphatic rings. The summed E-state index contributed by atoms with van der Waals surface area (Å²) < 4.78 is 13.1. The van der Waals surface area contributed by atoms with E-state index in [4.69, 9.17) is 9.47 Å². The second-order valence-corrected chi connectivity index (χ2v) is 8.69. The highest BCUT2D eigenvalue weighted by atomic mass is 32.2. The van der Waals surface area contributed by atoms with Crippen molar-refractivity contribution in [2.24, 2.45) is 0 Å². The summed E-state index contributed by atoms with van der Waals surface area (Å²) in [5.41, 5.74) is 5.04. The van der Waals surface area contributed by atoms with Crippen LogP contribution in [0.5, 0.6) is 11.5 Å². The Morgan fingerprint density at radius 3 is 2.47 bits per heavy atom. The molecule has 0 fully saturated rings. The van der Waals surface area contributed by atoms with Crippen molar-refractivity contribution in [1.29, 1.82) is 0 Å². The molecule has 5 rings (SSSR count). The number of benzene rings is 3. The number of fused-ring (bicyclic) bond motifs is 1. The Morgan fingerprint density at radius 1 is 1.00 bits per heavy atom. The van der Waals surface area contributed by atoms with Gasteiger partial charge in [-0.25, -0.2) is 4.68 Å². The van der Waals surface area contributed by atoms with Crippen molar-refractivity contribution in [2.75, 3.05) is 17.9 Å². The molecule has 2 N–H and O–H groups in total. The van der Waals surface area contributed by atoms with Crippen LogP contribution in [-0.2, 0) is 11.4 Å². The summed E-state index contributed by atoms with van der Waals surface area (Å²) in [6.45, 7) is 0.240. The quantitative estimate of drug-likeness (QED) is 0.414. The summed E-state index contributed by atoms with van der Waals surface area (Å²) in [6.07, 6.45) is 0. The van der Waals surface area contributed by atoms with Crippen LogP contribution in [0.4, 0.5) is 5.69 Å². The van der Waals surface area contributed by atoms with Crippen molar-refractivity contribution in [3.63, 3.8) is 0 Å². The molecule has 34 heavy (non-hydrogen) atoms. The van der Waals surface area contributed by atoms with E-state index < -0.39 is 5.25 Å². The molecule has 1 aromatic heterocycles. The maximum Gasteiger partial charge on any atom is 0.240 e. The monoisotopic (exact) mass is 473 g/mol. The number of rotatable bonds is 7. The van der Waals surface area contributed by atoms with Crippen LogP contribution in [0.2, 0.25) is 0 Å². The fourth-order valence-electron chi connectivity index (χ4n) is 3.72. The molecule has 1 amide bonds. The first kappa shape index (κ1) is 21.8. The first-order chi connectivity index (χ1) is 16.7. The predicted octanol–water partition coefficient (Wildman–Crippen LogP) is 4.26. The van der Waals surface area contributed by atoms with Crippen LogP contribution >= 0.6 is 11.8 Å². The summed E-state index contributed by atoms with van der Waals surface area (Å²) in [4.78, 5) is 13.4. The first-order valence-electron chi connectivity index (χ1n) is 10.8. The van der Waals surface area contributed by atoms with E-state index in [2.05, 4.69) is 20.9 Å². The molecule has 0 spiro atoms. The summed E-state index contributed by atoms with van der Waals surface area (Å²) in [5, 5.41) is 11.7. The van der Waals surface area contributed by atoms with Gasteiger partial charge in [0.1, 0.15) is 23.4 Å². The molecule has 0 saturated heterocycles. The van der Waals surface area contributed by atoms with Crippen molar-refractivity contribution in [2.45, 2.75) is 23.1 Å². The van der Waals surface area contributed by atoms with Crippen LogP contribution in [-0.4, -0.2) is 33.1 Å². The number of nitrogens with one attached hydrogen (secondary N) is 2. The lowest BCUT2D eigenvalue weighted by Crippen LogP contribution is -2.41. The fraction of sp³-hybridized carbons (Fsp3) is 0.160. The van der Waals surface area contributed by atoms with Gasteiger partial charge in [0.15, 0.2) is 5.82 Å². The van der Waals surface area contributed by atoms with Gasteiger partial charge in [0.2, 0.25) is 11.1 Å². The molecular formula is C25H23N5O3S. The van der Waals surface area contributed by atoms with Gasteiger partial charge in [0.05, 0.1) is 18.8 Å². The van der Waals surface area contributed by atoms with Crippen LogP contribution in [0, 0.1) is 0 Å². The molecule has 0 radical (unpaired) electrons. The van der Waals surface area contributed by atoms with E-state index in [1.54, 1.807) is 11.8 Å². The normalized spacial score (nSPS) is 16.7. The summed E-state index contributed by atoms with van der Waals surface area (Å²) in [6, 6.07) is 26.4. The van der Waals surface area contributed by atoms with Crippen LogP contribution in [0.25, 0.3) is 0 Å². The third-order valence-corrected chi connectivity index (χ3v) is 6.61. The molecule has 4 aromatic rings. The highest BCUT2D eigenvalue weighted by molar-refractivity contribution is 8.00. The van der Waals surface area contributed by atoms with Crippen LogP contribution < -0.4 is 20.2 Å². The van der Waals surface area contributed by atoms with Crippen molar-refractivity contribution in [3.05, 3.63) is 96.3 Å². The minimum Gasteiger partial charge on any atom is -0.495 e. The van der Waals surface area contributed by atoms with Gasteiger partial charge in [-0.3, -0.25) is 4.79 Å². The second kappa shape index (κ2) is 9.88. The number of carbonyl (C=O) groups is 1. The van der Waals surface area contributed by atoms with E-state index in [-0.39, 0.29) is 18.6 Å². The average Bonchev–Trinajstić information content (AvgIpc) is 3.30. The van der Waals surface area contributed by atoms with E-state index >= 15 is 0 Å². The van der Waals surface area contributed by atoms with Crippen LogP contribution in [0.15, 0.2) is 90.1 Å². The zero-order valence-corrected chi connectivity index (χ0v) is 19.2. The van der Waals surface area contributed by atoms with Crippen molar-refractivity contribution >= 4 is 23.4 Å². The molecule has 2 heterocycles. The molecule has 2 atom stereocenters. The van der Waals surface area contributed by atoms with Gasteiger partial charge in [-0.2, -0.15) is 0 Å². The lowest BCUT2D eigenvalue weighted by molar-refractivity contribution is -0.116. The van der Waals surface area contributed by atoms with Gasteiger partial charge in [0.25, 0.3) is 0 Å². The molecule has 1 aliphatic heterocycles. The zero-order chi connectivity index (χ0) is 23.3. The number of methoxy groups -OCH3 is 1. The molecule has 0 unspecified atom stereocenters. The smallest absolute Gasteiger partial charge is 0.240 e. The first-order valence-corrected chi connectivity index (χ1v) is 11.6. The number of aromatic nitrogens is 3. The standard InChI is InChI=1S/C25H23N5O3S/c1-32-20-15-9-8-14-19(20)26-24(31)23-22(17-10-4-2-5-11-17)29-30-21(27-28-25(30)34-23)16-33-18-12-6-3-7-13-18/h2-15,22-23,29H,16H2,1H3,(H,26,31)/t22-,23-/m1/s1. The van der Waals surface area contributed by atoms with E-state index in [1.165, 1.54) is 11.8 Å². The van der Waals surface area contributed by atoms with Crippen LogP contribution in [0.3, 0.4) is 0 Å². The van der Waals surface area contributed by atoms with Gasteiger partial charge in [-0.1, -0.05) is 72.4 Å². The number of hydrogen-bond acceptors (Lipinski definition) is 7. The lowest BCUT2D eigenvalue weighted by atomic mass is 10.0. The van der Waals surface area contributed by atoms with Gasteiger partial charge in [-0.15, -0.1) is 10.2 Å². The molecule has 3 aromatic carbocycles. The number of hydrogen-bond donors (Lipinski definition) is 2. The van der Waals surface area contributed by atoms with E-state index in [0.29, 0.717) is 22.4 Å². The van der Waals surface area contributed by atoms with Crippen molar-refractivity contribution < 1.29 is 14.3 Å². The Bertz CT molecular complexity index is 1270. The number of anilines is 1. The van der Waals surface area contributed by atoms with Gasteiger partial charge in [0, 0.05) is 0 Å². The average molecular weight is 474 g/mol. The minimum atomic E-state index is -0.494. The summed E-state index contributed by atoms with van der Waals surface area (Å²) in [5.74, 6) is 1.81. The Kier molecular flexibility index (Phi) is 6.35. The van der Waals surface area contributed by atoms with E-state index in [1.807, 2.05) is 84.9 Å². The number of thioether (sulfide) groups is 1. The lowest BCUT2D eigenvalue weighted by Gasteiger charge is -2.33. The zero-order valence-electron chi connectivity index (χ0n) is 18.4. The third kappa shape index (κ3) is 4.55. The number of ether oxygens (including phenoxy) is 2. The highest BCUT2D eigenvalue weighted by Gasteiger charge is 2.38. The minimum absolute atomic E-state index is 0.160. The molecule has 8 nitrogen and oxygen atoms in total. The summed E-state index contributed by atoms with van der Waals surface area (Å²) >= 11 is 1.36. The highest BCUT2D eigenvalue weighted by Crippen LogP contribution is 2.38. The van der Waals surface area contributed by atoms with Crippen molar-refractivity contribution in [1.82, 2.24) is 14.9 Å². The molecule has 0 bridgehead atoms. The SMILES string of the molecule is COc1ccccc1NC(=O)[C@@H]1Sc2nnc(COc3ccccc3)n2N[C@@H]1c1ccccc1. The fourth-order valence-corrected chi connectivity index (χ4v) is 4.82. The van der Waals surface area contributed by atoms with Crippen LogP contribution in [0.1, 0.15) is 17.4 Å². The molecule has 0 aliphatic carbocycles. The number of amides is 1. The summed E-state index contributed by atoms with van der Waals surface area (Å²) in [7, 11) is 1.58. The molecular weight excluding hydrogens is 450 g/mol. The molecule has 172 valence electrons. The maximum atomic E-state index is 13.4. The Hall–Kier alpha value is -3.98. The Morgan fingerprint density at radius 2 is 1.71 bits per heavy atom. The van der Waals surface area contributed by atoms with Gasteiger partial charge >= 0.3 is 0 Å². The van der Waals surface area contributed by atoms with E-state index in [9.17, 15) is 4.79 Å². The Labute approximate surface area is 201 Å². The number of carbonyl (C=O) groups excluding carboxylic acids is 1. The van der Waals surface area contributed by atoms with Crippen molar-refractivity contribution in [3.8, 4) is 11.5 Å². The van der Waals surface area contributed by atoms with E-state index in [0.717, 1.165) is 11.3 Å². The molecule has 0 saturated carbocycles. The predicted molar refractivity (Wildman–Crippen MR) is 131 cm³/mol. The third-order valence-electron chi connectivity index (χ3n) is 5.40. The Balaban J connectivity index is 1.41. The maximum absolute atomic E-state index is 13.4. The number of para-hydroxylation sites is 3. The second-order valence-electron chi connectivity index (χ2n) is 7.58. The molecule has 9 heteroatoms. The van der Waals surface area contributed by atoms with Gasteiger partial charge < -0.3 is 20.2 Å². The largest absolute Gasteiger partial charge is 0.495 e. The topological polar surface area (TPSA) is 90.3 Å². The number of nitrogens with zero attached hydrogens (tertiary/aromatic N) is 3.